The summed E-state index contributed by atoms with van der Waals surface area (Å²) in [7, 11) is -3.37. The lowest BCUT2D eigenvalue weighted by Gasteiger charge is -2.35. The molecule has 2 saturated heterocycles. The summed E-state index contributed by atoms with van der Waals surface area (Å²) >= 11 is 0. The fraction of sp³-hybridized carbons (Fsp3) is 0.632. The van der Waals surface area contributed by atoms with Crippen molar-refractivity contribution in [2.45, 2.75) is 38.0 Å². The predicted molar refractivity (Wildman–Crippen MR) is 104 cm³/mol. The van der Waals surface area contributed by atoms with Gasteiger partial charge in [0.25, 0.3) is 0 Å². The Balaban J connectivity index is 1.50. The highest BCUT2D eigenvalue weighted by molar-refractivity contribution is 7.88. The van der Waals surface area contributed by atoms with Crippen LogP contribution in [0.25, 0.3) is 0 Å². The lowest BCUT2D eigenvalue weighted by molar-refractivity contribution is -0.126. The monoisotopic (exact) mass is 395 g/mol. The van der Waals surface area contributed by atoms with Gasteiger partial charge in [-0.3, -0.25) is 9.69 Å². The van der Waals surface area contributed by atoms with Crippen LogP contribution in [-0.2, 0) is 26.1 Å². The topological polar surface area (TPSA) is 79.0 Å². The summed E-state index contributed by atoms with van der Waals surface area (Å²) in [4.78, 5) is 14.9. The first kappa shape index (κ1) is 20.3. The third kappa shape index (κ3) is 5.75. The number of benzene rings is 1. The van der Waals surface area contributed by atoms with E-state index in [1.54, 1.807) is 0 Å². The third-order valence-electron chi connectivity index (χ3n) is 5.16. The van der Waals surface area contributed by atoms with Crippen molar-refractivity contribution < 1.29 is 17.9 Å². The van der Waals surface area contributed by atoms with E-state index in [0.29, 0.717) is 26.1 Å². The molecule has 2 unspecified atom stereocenters. The summed E-state index contributed by atoms with van der Waals surface area (Å²) in [6.07, 6.45) is 3.34. The van der Waals surface area contributed by atoms with Gasteiger partial charge in [0.2, 0.25) is 15.9 Å². The van der Waals surface area contributed by atoms with Gasteiger partial charge < -0.3 is 10.1 Å². The van der Waals surface area contributed by atoms with Crippen LogP contribution in [0.5, 0.6) is 0 Å². The van der Waals surface area contributed by atoms with Crippen LogP contribution in [0.3, 0.4) is 0 Å². The molecule has 2 atom stereocenters. The smallest absolute Gasteiger partial charge is 0.238 e. The SMILES string of the molecule is CS(=O)(=O)N1CCCCC1C(=O)NCC1CN(Cc2ccccc2)CCO1. The van der Waals surface area contributed by atoms with Crippen LogP contribution >= 0.6 is 0 Å². The first-order chi connectivity index (χ1) is 12.9. The molecule has 0 radical (unpaired) electrons. The average Bonchev–Trinajstić information content (AvgIpc) is 2.66. The van der Waals surface area contributed by atoms with Gasteiger partial charge in [-0.2, -0.15) is 4.31 Å². The van der Waals surface area contributed by atoms with E-state index >= 15 is 0 Å². The standard InChI is InChI=1S/C19H29N3O4S/c1-27(24,25)22-10-6-5-9-18(22)19(23)20-13-17-15-21(11-12-26-17)14-16-7-3-2-4-8-16/h2-4,7-8,17-18H,5-6,9-15H2,1H3,(H,20,23). The van der Waals surface area contributed by atoms with Crippen LogP contribution in [0.2, 0.25) is 0 Å². The summed E-state index contributed by atoms with van der Waals surface area (Å²) in [6, 6.07) is 9.69. The van der Waals surface area contributed by atoms with Gasteiger partial charge in [0.15, 0.2) is 0 Å². The Hall–Kier alpha value is -1.48. The average molecular weight is 396 g/mol. The van der Waals surface area contributed by atoms with Crippen molar-refractivity contribution in [3.63, 3.8) is 0 Å². The molecule has 2 fully saturated rings. The zero-order valence-corrected chi connectivity index (χ0v) is 16.7. The molecular formula is C19H29N3O4S. The Morgan fingerprint density at radius 2 is 2.00 bits per heavy atom. The van der Waals surface area contributed by atoms with Crippen molar-refractivity contribution in [3.05, 3.63) is 35.9 Å². The zero-order valence-electron chi connectivity index (χ0n) is 15.8. The molecule has 2 heterocycles. The third-order valence-corrected chi connectivity index (χ3v) is 6.45. The molecule has 27 heavy (non-hydrogen) atoms. The Bertz CT molecular complexity index is 726. The zero-order chi connectivity index (χ0) is 19.3. The lowest BCUT2D eigenvalue weighted by Crippen LogP contribution is -2.54. The van der Waals surface area contributed by atoms with E-state index in [2.05, 4.69) is 22.3 Å². The number of carbonyl (C=O) groups is 1. The van der Waals surface area contributed by atoms with E-state index in [9.17, 15) is 13.2 Å². The molecule has 1 aromatic carbocycles. The van der Waals surface area contributed by atoms with Gasteiger partial charge in [0.05, 0.1) is 19.0 Å². The summed E-state index contributed by atoms with van der Waals surface area (Å²) < 4.78 is 31.0. The van der Waals surface area contributed by atoms with Gasteiger partial charge in [-0.05, 0) is 18.4 Å². The summed E-state index contributed by atoms with van der Waals surface area (Å²) in [5, 5.41) is 2.91. The highest BCUT2D eigenvalue weighted by atomic mass is 32.2. The number of hydrogen-bond donors (Lipinski definition) is 1. The molecule has 0 aliphatic carbocycles. The molecule has 7 nitrogen and oxygen atoms in total. The second-order valence-electron chi connectivity index (χ2n) is 7.34. The maximum absolute atomic E-state index is 12.6. The molecule has 150 valence electrons. The van der Waals surface area contributed by atoms with Crippen molar-refractivity contribution in [1.29, 1.82) is 0 Å². The number of hydrogen-bond acceptors (Lipinski definition) is 5. The fourth-order valence-electron chi connectivity index (χ4n) is 3.79. The van der Waals surface area contributed by atoms with Crippen molar-refractivity contribution in [1.82, 2.24) is 14.5 Å². The maximum Gasteiger partial charge on any atom is 0.238 e. The quantitative estimate of drug-likeness (QED) is 0.771. The number of carbonyl (C=O) groups excluding carboxylic acids is 1. The highest BCUT2D eigenvalue weighted by Crippen LogP contribution is 2.20. The minimum atomic E-state index is -3.37. The van der Waals surface area contributed by atoms with E-state index in [4.69, 9.17) is 4.74 Å². The lowest BCUT2D eigenvalue weighted by atomic mass is 10.0. The van der Waals surface area contributed by atoms with Gasteiger partial charge >= 0.3 is 0 Å². The van der Waals surface area contributed by atoms with Crippen molar-refractivity contribution in [3.8, 4) is 0 Å². The fourth-order valence-corrected chi connectivity index (χ4v) is 4.91. The largest absolute Gasteiger partial charge is 0.374 e. The van der Waals surface area contributed by atoms with E-state index in [1.807, 2.05) is 18.2 Å². The maximum atomic E-state index is 12.6. The van der Waals surface area contributed by atoms with Crippen LogP contribution in [0, 0.1) is 0 Å². The molecular weight excluding hydrogens is 366 g/mol. The Morgan fingerprint density at radius 1 is 1.22 bits per heavy atom. The van der Waals surface area contributed by atoms with E-state index in [0.717, 1.165) is 32.5 Å². The Labute approximate surface area is 161 Å². The van der Waals surface area contributed by atoms with Crippen LogP contribution in [-0.4, -0.2) is 74.7 Å². The summed E-state index contributed by atoms with van der Waals surface area (Å²) in [5.74, 6) is -0.219. The van der Waals surface area contributed by atoms with Gasteiger partial charge in [0, 0.05) is 32.7 Å². The molecule has 0 bridgehead atoms. The van der Waals surface area contributed by atoms with Crippen LogP contribution < -0.4 is 5.32 Å². The van der Waals surface area contributed by atoms with Crippen molar-refractivity contribution in [2.75, 3.05) is 39.0 Å². The van der Waals surface area contributed by atoms with Crippen LogP contribution in [0.4, 0.5) is 0 Å². The number of ether oxygens (including phenoxy) is 1. The molecule has 0 spiro atoms. The van der Waals surface area contributed by atoms with Gasteiger partial charge in [0.1, 0.15) is 6.04 Å². The first-order valence-electron chi connectivity index (χ1n) is 9.56. The highest BCUT2D eigenvalue weighted by Gasteiger charge is 2.34. The number of nitrogens with zero attached hydrogens (tertiary/aromatic N) is 2. The normalized spacial score (nSPS) is 25.2. The van der Waals surface area contributed by atoms with Crippen molar-refractivity contribution in [2.24, 2.45) is 0 Å². The van der Waals surface area contributed by atoms with Gasteiger partial charge in [-0.1, -0.05) is 36.8 Å². The number of morpholine rings is 1. The van der Waals surface area contributed by atoms with Gasteiger partial charge in [-0.25, -0.2) is 8.42 Å². The molecule has 2 aliphatic rings. The molecule has 1 aromatic rings. The molecule has 1 amide bonds. The van der Waals surface area contributed by atoms with Crippen LogP contribution in [0.1, 0.15) is 24.8 Å². The van der Waals surface area contributed by atoms with Gasteiger partial charge in [-0.15, -0.1) is 0 Å². The van der Waals surface area contributed by atoms with E-state index in [1.165, 1.54) is 16.1 Å². The number of rotatable bonds is 6. The van der Waals surface area contributed by atoms with Crippen molar-refractivity contribution >= 4 is 15.9 Å². The second kappa shape index (κ2) is 9.14. The number of nitrogens with one attached hydrogen (secondary N) is 1. The minimum Gasteiger partial charge on any atom is -0.374 e. The Morgan fingerprint density at radius 3 is 2.74 bits per heavy atom. The number of sulfonamides is 1. The van der Waals surface area contributed by atoms with Crippen LogP contribution in [0.15, 0.2) is 30.3 Å². The van der Waals surface area contributed by atoms with E-state index < -0.39 is 16.1 Å². The van der Waals surface area contributed by atoms with E-state index in [-0.39, 0.29) is 12.0 Å². The molecule has 0 aromatic heterocycles. The molecule has 1 N–H and O–H groups in total. The predicted octanol–water partition coefficient (Wildman–Crippen LogP) is 0.818. The first-order valence-corrected chi connectivity index (χ1v) is 11.4. The summed E-state index contributed by atoms with van der Waals surface area (Å²) in [6.45, 7) is 3.92. The second-order valence-corrected chi connectivity index (χ2v) is 9.28. The molecule has 8 heteroatoms. The molecule has 3 rings (SSSR count). The Kier molecular flexibility index (Phi) is 6.86. The minimum absolute atomic E-state index is 0.0818. The molecule has 0 saturated carbocycles. The number of piperidine rings is 1. The molecule has 2 aliphatic heterocycles. The summed E-state index contributed by atoms with van der Waals surface area (Å²) in [5.41, 5.74) is 1.26. The number of amides is 1.